The van der Waals surface area contributed by atoms with Crippen molar-refractivity contribution < 1.29 is 0 Å². The molecule has 0 spiro atoms. The van der Waals surface area contributed by atoms with Crippen LogP contribution in [0.2, 0.25) is 11.9 Å². The van der Waals surface area contributed by atoms with Crippen molar-refractivity contribution >= 4 is 21.9 Å². The first kappa shape index (κ1) is 5.83. The molecule has 0 bridgehead atoms. The fourth-order valence-corrected chi connectivity index (χ4v) is 7.97. The van der Waals surface area contributed by atoms with Gasteiger partial charge in [0.1, 0.15) is 0 Å². The summed E-state index contributed by atoms with van der Waals surface area (Å²) in [6.07, 6.45) is 0. The number of rotatable bonds is 0. The standard InChI is InChI=1S/C4H11NSeSi/c1-5-3-4-6-7(5)2/h7H,3-4H2,1-2H3. The van der Waals surface area contributed by atoms with Crippen LogP contribution in [0, 0.1) is 0 Å². The van der Waals surface area contributed by atoms with E-state index in [2.05, 4.69) is 18.2 Å². The van der Waals surface area contributed by atoms with Crippen LogP contribution in [0.1, 0.15) is 0 Å². The maximum absolute atomic E-state index is 2.57. The van der Waals surface area contributed by atoms with Crippen molar-refractivity contribution in [2.24, 2.45) is 0 Å². The fraction of sp³-hybridized carbons (Fsp3) is 1.00. The second kappa shape index (κ2) is 2.31. The van der Waals surface area contributed by atoms with Gasteiger partial charge in [0.25, 0.3) is 0 Å². The van der Waals surface area contributed by atoms with Gasteiger partial charge in [0.2, 0.25) is 0 Å². The Balaban J connectivity index is 2.33. The molecule has 0 amide bonds. The van der Waals surface area contributed by atoms with Crippen LogP contribution in [0.25, 0.3) is 0 Å². The average Bonchev–Trinajstić information content (AvgIpc) is 1.91. The first-order valence-corrected chi connectivity index (χ1v) is 8.94. The summed E-state index contributed by atoms with van der Waals surface area (Å²) in [5, 5.41) is 1.52. The van der Waals surface area contributed by atoms with Gasteiger partial charge in [0.05, 0.1) is 0 Å². The van der Waals surface area contributed by atoms with Crippen LogP contribution in [0.3, 0.4) is 0 Å². The molecule has 0 aromatic heterocycles. The molecule has 1 nitrogen and oxygen atoms in total. The van der Waals surface area contributed by atoms with Crippen LogP contribution in [0.5, 0.6) is 0 Å². The third-order valence-electron chi connectivity index (χ3n) is 1.42. The number of hydrogen-bond donors (Lipinski definition) is 0. The Morgan fingerprint density at radius 1 is 1.71 bits per heavy atom. The SMILES string of the molecule is CN1CC[Se][SiH]1C. The van der Waals surface area contributed by atoms with Crippen LogP contribution < -0.4 is 0 Å². The third kappa shape index (κ3) is 1.29. The van der Waals surface area contributed by atoms with Gasteiger partial charge in [-0.05, 0) is 0 Å². The topological polar surface area (TPSA) is 3.24 Å². The summed E-state index contributed by atoms with van der Waals surface area (Å²) in [5.41, 5.74) is 0. The van der Waals surface area contributed by atoms with Gasteiger partial charge in [-0.2, -0.15) is 0 Å². The van der Waals surface area contributed by atoms with E-state index in [-0.39, 0.29) is 7.56 Å². The van der Waals surface area contributed by atoms with Crippen molar-refractivity contribution in [2.45, 2.75) is 11.9 Å². The first-order chi connectivity index (χ1) is 3.30. The molecule has 42 valence electrons. The van der Waals surface area contributed by atoms with E-state index in [9.17, 15) is 0 Å². The van der Waals surface area contributed by atoms with Crippen LogP contribution in [-0.4, -0.2) is 40.0 Å². The van der Waals surface area contributed by atoms with E-state index in [1.165, 1.54) is 11.9 Å². The van der Waals surface area contributed by atoms with Gasteiger partial charge in [-0.25, -0.2) is 0 Å². The van der Waals surface area contributed by atoms with Gasteiger partial charge in [-0.3, -0.25) is 0 Å². The Morgan fingerprint density at radius 3 is 2.57 bits per heavy atom. The molecule has 0 radical (unpaired) electrons. The molecule has 1 aliphatic rings. The maximum atomic E-state index is 2.57. The van der Waals surface area contributed by atoms with Crippen LogP contribution in [0.4, 0.5) is 0 Å². The van der Waals surface area contributed by atoms with Crippen LogP contribution >= 0.6 is 0 Å². The summed E-state index contributed by atoms with van der Waals surface area (Å²) >= 11 is 1.06. The monoisotopic (exact) mass is 181 g/mol. The Morgan fingerprint density at radius 2 is 2.43 bits per heavy atom. The van der Waals surface area contributed by atoms with E-state index in [1.807, 2.05) is 0 Å². The molecule has 0 N–H and O–H groups in total. The third-order valence-corrected chi connectivity index (χ3v) is 10.8. The molecule has 0 aliphatic carbocycles. The van der Waals surface area contributed by atoms with Gasteiger partial charge in [-0.15, -0.1) is 0 Å². The number of nitrogens with zero attached hydrogens (tertiary/aromatic N) is 1. The summed E-state index contributed by atoms with van der Waals surface area (Å²) in [6, 6.07) is 0. The molecule has 7 heavy (non-hydrogen) atoms. The van der Waals surface area contributed by atoms with Crippen molar-refractivity contribution in [3.05, 3.63) is 0 Å². The van der Waals surface area contributed by atoms with E-state index in [1.54, 1.807) is 0 Å². The Hall–Kier alpha value is 0.696. The van der Waals surface area contributed by atoms with Crippen molar-refractivity contribution in [1.82, 2.24) is 4.57 Å². The molecule has 1 heterocycles. The van der Waals surface area contributed by atoms with E-state index in [0.717, 1.165) is 14.3 Å². The predicted molar refractivity (Wildman–Crippen MR) is 36.2 cm³/mol. The van der Waals surface area contributed by atoms with E-state index in [0.29, 0.717) is 0 Å². The van der Waals surface area contributed by atoms with Gasteiger partial charge < -0.3 is 0 Å². The van der Waals surface area contributed by atoms with E-state index >= 15 is 0 Å². The quantitative estimate of drug-likeness (QED) is 0.471. The molecular formula is C4H11NSeSi. The van der Waals surface area contributed by atoms with Crippen molar-refractivity contribution in [2.75, 3.05) is 13.6 Å². The molecule has 1 rings (SSSR count). The van der Waals surface area contributed by atoms with Crippen LogP contribution in [0.15, 0.2) is 0 Å². The molecule has 1 saturated heterocycles. The molecule has 3 heteroatoms. The van der Waals surface area contributed by atoms with Crippen molar-refractivity contribution in [3.63, 3.8) is 0 Å². The first-order valence-electron chi connectivity index (χ1n) is 2.62. The van der Waals surface area contributed by atoms with Gasteiger partial charge >= 0.3 is 51.9 Å². The minimum absolute atomic E-state index is 0.248. The summed E-state index contributed by atoms with van der Waals surface area (Å²) in [6.45, 7) is 3.85. The molecule has 0 saturated carbocycles. The van der Waals surface area contributed by atoms with Crippen molar-refractivity contribution in [3.8, 4) is 0 Å². The molecule has 1 atom stereocenters. The van der Waals surface area contributed by atoms with Gasteiger partial charge in [0, 0.05) is 0 Å². The molecule has 1 aliphatic heterocycles. The number of hydrogen-bond acceptors (Lipinski definition) is 1. The zero-order valence-corrected chi connectivity index (χ0v) is 7.71. The molecular weight excluding hydrogens is 169 g/mol. The summed E-state index contributed by atoms with van der Waals surface area (Å²) in [4.78, 5) is 0. The molecule has 0 aromatic carbocycles. The summed E-state index contributed by atoms with van der Waals surface area (Å²) in [5.74, 6) is 0. The fourth-order valence-electron chi connectivity index (χ4n) is 0.676. The van der Waals surface area contributed by atoms with E-state index in [4.69, 9.17) is 0 Å². The zero-order valence-electron chi connectivity index (χ0n) is 4.85. The predicted octanol–water partition coefficient (Wildman–Crippen LogP) is -0.0954. The Bertz CT molecular complexity index is 60.7. The van der Waals surface area contributed by atoms with Crippen LogP contribution in [-0.2, 0) is 0 Å². The van der Waals surface area contributed by atoms with Crippen molar-refractivity contribution in [1.29, 1.82) is 0 Å². The Kier molecular flexibility index (Phi) is 1.92. The molecule has 1 unspecified atom stereocenters. The van der Waals surface area contributed by atoms with Gasteiger partial charge in [-0.1, -0.05) is 0 Å². The second-order valence-corrected chi connectivity index (χ2v) is 11.6. The molecule has 0 aromatic rings. The van der Waals surface area contributed by atoms with E-state index < -0.39 is 0 Å². The minimum atomic E-state index is -0.248. The normalized spacial score (nSPS) is 34.3. The average molecular weight is 180 g/mol. The zero-order chi connectivity index (χ0) is 5.28. The summed E-state index contributed by atoms with van der Waals surface area (Å²) in [7, 11) is 2.02. The van der Waals surface area contributed by atoms with Gasteiger partial charge in [0.15, 0.2) is 0 Å². The Labute approximate surface area is 52.4 Å². The summed E-state index contributed by atoms with van der Waals surface area (Å²) < 4.78 is 2.57. The molecule has 1 fully saturated rings. The second-order valence-electron chi connectivity index (χ2n) is 1.95.